The van der Waals surface area contributed by atoms with E-state index in [0.717, 1.165) is 36.3 Å². The number of hydrogen-bond acceptors (Lipinski definition) is 8. The molecule has 0 aliphatic carbocycles. The van der Waals surface area contributed by atoms with Crippen molar-refractivity contribution < 1.29 is 17.9 Å². The van der Waals surface area contributed by atoms with Gasteiger partial charge in [-0.1, -0.05) is 18.2 Å². The molecule has 0 bridgehead atoms. The lowest BCUT2D eigenvalue weighted by molar-refractivity contribution is 0.0926. The average molecular weight is 509 g/mol. The molecule has 188 valence electrons. The Labute approximate surface area is 209 Å². The second kappa shape index (κ2) is 10.2. The van der Waals surface area contributed by atoms with Crippen molar-refractivity contribution in [3.05, 3.63) is 65.5 Å². The van der Waals surface area contributed by atoms with Gasteiger partial charge in [0.1, 0.15) is 5.75 Å². The Kier molecular flexibility index (Phi) is 6.86. The molecular weight excluding hydrogens is 480 g/mol. The Morgan fingerprint density at radius 2 is 2.11 bits per heavy atom. The van der Waals surface area contributed by atoms with Crippen molar-refractivity contribution in [2.75, 3.05) is 25.4 Å². The number of rotatable bonds is 7. The zero-order chi connectivity index (χ0) is 25.1. The number of nitrogens with one attached hydrogen (secondary N) is 3. The van der Waals surface area contributed by atoms with Gasteiger partial charge in [-0.15, -0.1) is 0 Å². The fourth-order valence-electron chi connectivity index (χ4n) is 4.37. The van der Waals surface area contributed by atoms with Crippen LogP contribution in [0.1, 0.15) is 34.5 Å². The molecule has 2 aliphatic rings. The third-order valence-electron chi connectivity index (χ3n) is 6.31. The SMILES string of the molecule is Nc1ncc(-c2cccc(CNS(=O)(=O)c3ccc4c(c3)CCO4)c2)nc1C(=O)NC1CCCNC1. The predicted molar refractivity (Wildman–Crippen MR) is 135 cm³/mol. The van der Waals surface area contributed by atoms with Gasteiger partial charge in [-0.05, 0) is 54.8 Å². The third-order valence-corrected chi connectivity index (χ3v) is 7.71. The molecule has 1 fully saturated rings. The van der Waals surface area contributed by atoms with Crippen molar-refractivity contribution >= 4 is 21.7 Å². The molecule has 5 rings (SSSR count). The van der Waals surface area contributed by atoms with Gasteiger partial charge in [0.05, 0.1) is 23.4 Å². The van der Waals surface area contributed by atoms with Crippen LogP contribution in [0.3, 0.4) is 0 Å². The summed E-state index contributed by atoms with van der Waals surface area (Å²) in [5.41, 5.74) is 8.82. The highest BCUT2D eigenvalue weighted by molar-refractivity contribution is 7.89. The quantitative estimate of drug-likeness (QED) is 0.376. The molecule has 0 radical (unpaired) electrons. The lowest BCUT2D eigenvalue weighted by Crippen LogP contribution is -2.46. The molecule has 10 nitrogen and oxygen atoms in total. The van der Waals surface area contributed by atoms with E-state index in [1.54, 1.807) is 24.3 Å². The van der Waals surface area contributed by atoms with Crippen LogP contribution in [0.15, 0.2) is 53.6 Å². The number of aromatic nitrogens is 2. The van der Waals surface area contributed by atoms with E-state index in [-0.39, 0.29) is 34.9 Å². The number of nitrogens with zero attached hydrogens (tertiary/aromatic N) is 2. The van der Waals surface area contributed by atoms with Gasteiger partial charge in [-0.25, -0.2) is 23.1 Å². The van der Waals surface area contributed by atoms with E-state index in [9.17, 15) is 13.2 Å². The second-order valence-corrected chi connectivity index (χ2v) is 10.7. The van der Waals surface area contributed by atoms with Crippen molar-refractivity contribution in [1.82, 2.24) is 25.3 Å². The van der Waals surface area contributed by atoms with E-state index in [4.69, 9.17) is 10.5 Å². The predicted octanol–water partition coefficient (Wildman–Crippen LogP) is 1.62. The van der Waals surface area contributed by atoms with Crippen molar-refractivity contribution in [2.45, 2.75) is 36.7 Å². The molecule has 1 atom stereocenters. The minimum atomic E-state index is -3.70. The Balaban J connectivity index is 1.30. The summed E-state index contributed by atoms with van der Waals surface area (Å²) in [6.07, 6.45) is 4.08. The number of sulfonamides is 1. The molecule has 1 unspecified atom stereocenters. The Morgan fingerprint density at radius 1 is 1.22 bits per heavy atom. The first kappa shape index (κ1) is 24.2. The summed E-state index contributed by atoms with van der Waals surface area (Å²) in [5, 5.41) is 6.22. The minimum absolute atomic E-state index is 0.0191. The number of anilines is 1. The van der Waals surface area contributed by atoms with Crippen molar-refractivity contribution in [3.8, 4) is 17.0 Å². The largest absolute Gasteiger partial charge is 0.493 e. The molecule has 1 amide bonds. The normalized spacial score (nSPS) is 17.3. The number of carbonyl (C=O) groups excluding carboxylic acids is 1. The molecule has 36 heavy (non-hydrogen) atoms. The Hall–Kier alpha value is -3.54. The summed E-state index contributed by atoms with van der Waals surface area (Å²) in [6.45, 7) is 2.30. The lowest BCUT2D eigenvalue weighted by Gasteiger charge is -2.23. The molecule has 11 heteroatoms. The van der Waals surface area contributed by atoms with E-state index in [1.165, 1.54) is 6.20 Å². The van der Waals surface area contributed by atoms with Gasteiger partial charge < -0.3 is 21.1 Å². The van der Waals surface area contributed by atoms with E-state index in [2.05, 4.69) is 25.3 Å². The number of fused-ring (bicyclic) bond motifs is 1. The van der Waals surface area contributed by atoms with Crippen LogP contribution in [0.5, 0.6) is 5.75 Å². The molecule has 1 aromatic heterocycles. The number of carbonyl (C=O) groups is 1. The van der Waals surface area contributed by atoms with Crippen LogP contribution < -0.4 is 25.8 Å². The monoisotopic (exact) mass is 508 g/mol. The fourth-order valence-corrected chi connectivity index (χ4v) is 5.43. The number of ether oxygens (including phenoxy) is 1. The lowest BCUT2D eigenvalue weighted by atomic mass is 10.1. The van der Waals surface area contributed by atoms with Crippen LogP contribution in [-0.4, -0.2) is 50.0 Å². The maximum Gasteiger partial charge on any atom is 0.274 e. The van der Waals surface area contributed by atoms with E-state index < -0.39 is 10.0 Å². The molecule has 5 N–H and O–H groups in total. The smallest absolute Gasteiger partial charge is 0.274 e. The first-order chi connectivity index (χ1) is 17.4. The maximum absolute atomic E-state index is 12.8. The molecule has 0 spiro atoms. The number of hydrogen-bond donors (Lipinski definition) is 4. The van der Waals surface area contributed by atoms with Crippen molar-refractivity contribution in [1.29, 1.82) is 0 Å². The first-order valence-electron chi connectivity index (χ1n) is 11.9. The van der Waals surface area contributed by atoms with E-state index >= 15 is 0 Å². The third kappa shape index (κ3) is 5.32. The van der Waals surface area contributed by atoms with Gasteiger partial charge in [0, 0.05) is 31.1 Å². The van der Waals surface area contributed by atoms with Crippen LogP contribution in [0, 0.1) is 0 Å². The van der Waals surface area contributed by atoms with Crippen LogP contribution in [-0.2, 0) is 23.0 Å². The Morgan fingerprint density at radius 3 is 2.94 bits per heavy atom. The van der Waals surface area contributed by atoms with E-state index in [1.807, 2.05) is 18.2 Å². The number of piperidine rings is 1. The van der Waals surface area contributed by atoms with Gasteiger partial charge in [0.25, 0.3) is 5.91 Å². The summed E-state index contributed by atoms with van der Waals surface area (Å²) in [4.78, 5) is 21.6. The molecular formula is C25H28N6O4S. The van der Waals surface area contributed by atoms with Crippen molar-refractivity contribution in [3.63, 3.8) is 0 Å². The van der Waals surface area contributed by atoms with Gasteiger partial charge in [0.2, 0.25) is 10.0 Å². The summed E-state index contributed by atoms with van der Waals surface area (Å²) < 4.78 is 33.8. The molecule has 2 aromatic carbocycles. The van der Waals surface area contributed by atoms with Crippen LogP contribution >= 0.6 is 0 Å². The van der Waals surface area contributed by atoms with Gasteiger partial charge >= 0.3 is 0 Å². The van der Waals surface area contributed by atoms with Crippen molar-refractivity contribution in [2.24, 2.45) is 0 Å². The van der Waals surface area contributed by atoms with Gasteiger partial charge in [0.15, 0.2) is 11.5 Å². The topological polar surface area (TPSA) is 148 Å². The summed E-state index contributed by atoms with van der Waals surface area (Å²) in [6, 6.07) is 12.2. The Bertz CT molecular complexity index is 1390. The first-order valence-corrected chi connectivity index (χ1v) is 13.4. The minimum Gasteiger partial charge on any atom is -0.493 e. The number of nitrogen functional groups attached to an aromatic ring is 1. The number of amides is 1. The van der Waals surface area contributed by atoms with Gasteiger partial charge in [-0.3, -0.25) is 4.79 Å². The highest BCUT2D eigenvalue weighted by Crippen LogP contribution is 2.27. The molecule has 3 heterocycles. The van der Waals surface area contributed by atoms with Gasteiger partial charge in [-0.2, -0.15) is 0 Å². The molecule has 0 saturated carbocycles. The van der Waals surface area contributed by atoms with Crippen LogP contribution in [0.25, 0.3) is 11.3 Å². The number of nitrogens with two attached hydrogens (primary N) is 1. The second-order valence-electron chi connectivity index (χ2n) is 8.90. The van der Waals surface area contributed by atoms with E-state index in [0.29, 0.717) is 30.8 Å². The average Bonchev–Trinajstić information content (AvgIpc) is 3.37. The fraction of sp³-hybridized carbons (Fsp3) is 0.320. The number of benzene rings is 2. The highest BCUT2D eigenvalue weighted by Gasteiger charge is 2.21. The van der Waals surface area contributed by atoms with Crippen LogP contribution in [0.4, 0.5) is 5.82 Å². The zero-order valence-electron chi connectivity index (χ0n) is 19.7. The maximum atomic E-state index is 12.8. The summed E-state index contributed by atoms with van der Waals surface area (Å²) in [5.74, 6) is 0.428. The summed E-state index contributed by atoms with van der Waals surface area (Å²) >= 11 is 0. The molecule has 2 aliphatic heterocycles. The highest BCUT2D eigenvalue weighted by atomic mass is 32.2. The summed E-state index contributed by atoms with van der Waals surface area (Å²) in [7, 11) is -3.70. The zero-order valence-corrected chi connectivity index (χ0v) is 20.5. The molecule has 3 aromatic rings. The molecule has 1 saturated heterocycles. The standard InChI is InChI=1S/C25H28N6O4S/c26-24-23(25(32)30-19-5-2-9-27-14-19)31-21(15-28-24)17-4-1-3-16(11-17)13-29-36(33,34)20-6-7-22-18(12-20)8-10-35-22/h1,3-4,6-7,11-12,15,19,27,29H,2,5,8-10,13-14H2,(H2,26,28)(H,30,32). The van der Waals surface area contributed by atoms with Crippen LogP contribution in [0.2, 0.25) is 0 Å².